The second kappa shape index (κ2) is 8.75. The topological polar surface area (TPSA) is 122 Å². The van der Waals surface area contributed by atoms with E-state index in [1.54, 1.807) is 11.3 Å². The van der Waals surface area contributed by atoms with E-state index >= 15 is 0 Å². The van der Waals surface area contributed by atoms with Gasteiger partial charge in [-0.3, -0.25) is 4.79 Å². The minimum atomic E-state index is -0.250. The number of hydrogen-bond donors (Lipinski definition) is 2. The van der Waals surface area contributed by atoms with E-state index in [1.165, 1.54) is 21.2 Å². The lowest BCUT2D eigenvalue weighted by Gasteiger charge is -2.07. The number of nitrogens with zero attached hydrogens (tertiary/aromatic N) is 4. The van der Waals surface area contributed by atoms with E-state index in [0.717, 1.165) is 22.0 Å². The maximum atomic E-state index is 12.3. The molecule has 5 aromatic rings. The van der Waals surface area contributed by atoms with Crippen LogP contribution in [0.25, 0.3) is 32.4 Å². The number of carbonyl (C=O) groups is 1. The van der Waals surface area contributed by atoms with Crippen LogP contribution in [0.15, 0.2) is 48.0 Å². The van der Waals surface area contributed by atoms with Gasteiger partial charge in [0.1, 0.15) is 0 Å². The van der Waals surface area contributed by atoms with Crippen molar-refractivity contribution in [1.82, 2.24) is 19.5 Å². The average molecular weight is 473 g/mol. The maximum Gasteiger partial charge on any atom is 0.310 e. The zero-order valence-electron chi connectivity index (χ0n) is 18.9. The number of nitrogen functional groups attached to an aromatic ring is 2. The standard InChI is InChI=1S/C25H24N6O2S/c1-3-33-22(32)10-16-11-31(12-17-13-34-21-7-4-14(2)8-19(17)21)20-9-15(5-6-18(16)20)23-28-24(26)30-25(27)29-23/h4-9,11,13H,3,10,12H2,1-2H3,(H4,26,27,28,29,30). The summed E-state index contributed by atoms with van der Waals surface area (Å²) in [5.41, 5.74) is 16.6. The number of thiophene rings is 1. The molecule has 2 aromatic carbocycles. The molecule has 9 heteroatoms. The van der Waals surface area contributed by atoms with Crippen molar-refractivity contribution in [3.05, 3.63) is 64.7 Å². The second-order valence-electron chi connectivity index (χ2n) is 8.13. The predicted octanol–water partition coefficient (Wildman–Crippen LogP) is 4.33. The van der Waals surface area contributed by atoms with Gasteiger partial charge in [0.2, 0.25) is 11.9 Å². The summed E-state index contributed by atoms with van der Waals surface area (Å²) in [6, 6.07) is 12.4. The van der Waals surface area contributed by atoms with Crippen molar-refractivity contribution < 1.29 is 9.53 Å². The minimum Gasteiger partial charge on any atom is -0.466 e. The van der Waals surface area contributed by atoms with E-state index in [-0.39, 0.29) is 24.3 Å². The van der Waals surface area contributed by atoms with Crippen molar-refractivity contribution in [1.29, 1.82) is 0 Å². The Kier molecular flexibility index (Phi) is 5.62. The molecule has 4 N–H and O–H groups in total. The van der Waals surface area contributed by atoms with Crippen molar-refractivity contribution in [3.8, 4) is 11.4 Å². The van der Waals surface area contributed by atoms with Gasteiger partial charge in [0.05, 0.1) is 13.0 Å². The van der Waals surface area contributed by atoms with Crippen LogP contribution in [-0.4, -0.2) is 32.1 Å². The van der Waals surface area contributed by atoms with Gasteiger partial charge in [0, 0.05) is 33.9 Å². The molecule has 0 aliphatic rings. The Bertz CT molecular complexity index is 1520. The molecule has 0 saturated carbocycles. The molecule has 0 spiro atoms. The molecule has 0 aliphatic carbocycles. The molecule has 172 valence electrons. The number of nitrogens with two attached hydrogens (primary N) is 2. The van der Waals surface area contributed by atoms with Crippen LogP contribution in [0.4, 0.5) is 11.9 Å². The van der Waals surface area contributed by atoms with Gasteiger partial charge in [-0.05, 0) is 47.9 Å². The molecule has 3 heterocycles. The predicted molar refractivity (Wildman–Crippen MR) is 136 cm³/mol. The molecule has 0 radical (unpaired) electrons. The molecule has 0 bridgehead atoms. The van der Waals surface area contributed by atoms with Gasteiger partial charge < -0.3 is 20.8 Å². The first-order valence-corrected chi connectivity index (χ1v) is 11.8. The van der Waals surface area contributed by atoms with Crippen molar-refractivity contribution in [2.45, 2.75) is 26.8 Å². The van der Waals surface area contributed by atoms with Crippen molar-refractivity contribution >= 4 is 50.2 Å². The first-order valence-electron chi connectivity index (χ1n) is 10.9. The molecule has 8 nitrogen and oxygen atoms in total. The molecule has 0 amide bonds. The summed E-state index contributed by atoms with van der Waals surface area (Å²) in [6.45, 7) is 4.92. The van der Waals surface area contributed by atoms with Gasteiger partial charge >= 0.3 is 5.97 Å². The first kappa shape index (κ1) is 21.8. The number of aryl methyl sites for hydroxylation is 1. The summed E-state index contributed by atoms with van der Waals surface area (Å²) in [5.74, 6) is 0.297. The van der Waals surface area contributed by atoms with Crippen LogP contribution in [-0.2, 0) is 22.5 Å². The smallest absolute Gasteiger partial charge is 0.310 e. The molecular weight excluding hydrogens is 448 g/mol. The van der Waals surface area contributed by atoms with Crippen molar-refractivity contribution in [3.63, 3.8) is 0 Å². The first-order chi connectivity index (χ1) is 16.4. The monoisotopic (exact) mass is 472 g/mol. The average Bonchev–Trinajstić information content (AvgIpc) is 3.34. The van der Waals surface area contributed by atoms with Crippen molar-refractivity contribution in [2.24, 2.45) is 0 Å². The summed E-state index contributed by atoms with van der Waals surface area (Å²) in [5, 5.41) is 4.41. The number of rotatable bonds is 6. The lowest BCUT2D eigenvalue weighted by Crippen LogP contribution is -2.07. The van der Waals surface area contributed by atoms with Gasteiger partial charge in [-0.2, -0.15) is 15.0 Å². The summed E-state index contributed by atoms with van der Waals surface area (Å²) in [7, 11) is 0. The fraction of sp³-hybridized carbons (Fsp3) is 0.200. The van der Waals surface area contributed by atoms with Gasteiger partial charge in [-0.1, -0.05) is 29.8 Å². The molecule has 0 saturated heterocycles. The fourth-order valence-corrected chi connectivity index (χ4v) is 5.12. The summed E-state index contributed by atoms with van der Waals surface area (Å²) in [4.78, 5) is 24.6. The third-order valence-corrected chi connectivity index (χ3v) is 6.70. The number of anilines is 2. The molecule has 0 atom stereocenters. The van der Waals surface area contributed by atoms with E-state index in [1.807, 2.05) is 31.3 Å². The van der Waals surface area contributed by atoms with Gasteiger partial charge in [0.15, 0.2) is 5.82 Å². The van der Waals surface area contributed by atoms with Crippen molar-refractivity contribution in [2.75, 3.05) is 18.1 Å². The molecule has 5 rings (SSSR count). The van der Waals surface area contributed by atoms with Crippen LogP contribution in [0.3, 0.4) is 0 Å². The zero-order chi connectivity index (χ0) is 23.8. The Hall–Kier alpha value is -3.98. The summed E-state index contributed by atoms with van der Waals surface area (Å²) >= 11 is 1.73. The second-order valence-corrected chi connectivity index (χ2v) is 9.04. The zero-order valence-corrected chi connectivity index (χ0v) is 19.7. The summed E-state index contributed by atoms with van der Waals surface area (Å²) < 4.78 is 8.61. The highest BCUT2D eigenvalue weighted by molar-refractivity contribution is 7.17. The Balaban J connectivity index is 1.63. The highest BCUT2D eigenvalue weighted by atomic mass is 32.1. The van der Waals surface area contributed by atoms with Crippen LogP contribution in [0.2, 0.25) is 0 Å². The largest absolute Gasteiger partial charge is 0.466 e. The molecular formula is C25H24N6O2S. The quantitative estimate of drug-likeness (QED) is 0.353. The SMILES string of the molecule is CCOC(=O)Cc1cn(Cc2csc3ccc(C)cc23)c2cc(-c3nc(N)nc(N)n3)ccc12. The molecule has 3 aromatic heterocycles. The van der Waals surface area contributed by atoms with Gasteiger partial charge in [-0.15, -0.1) is 11.3 Å². The molecule has 0 fully saturated rings. The van der Waals surface area contributed by atoms with E-state index in [4.69, 9.17) is 16.2 Å². The third kappa shape index (κ3) is 4.17. The highest BCUT2D eigenvalue weighted by Gasteiger charge is 2.16. The Morgan fingerprint density at radius 1 is 1.03 bits per heavy atom. The molecule has 0 unspecified atom stereocenters. The minimum absolute atomic E-state index is 0.0705. The third-order valence-electron chi connectivity index (χ3n) is 5.68. The molecule has 0 aliphatic heterocycles. The summed E-state index contributed by atoms with van der Waals surface area (Å²) in [6.07, 6.45) is 2.23. The van der Waals surface area contributed by atoms with Gasteiger partial charge in [0.25, 0.3) is 0 Å². The Morgan fingerprint density at radius 2 is 1.82 bits per heavy atom. The van der Waals surface area contributed by atoms with Crippen LogP contribution < -0.4 is 11.5 Å². The maximum absolute atomic E-state index is 12.3. The number of ether oxygens (including phenoxy) is 1. The fourth-order valence-electron chi connectivity index (χ4n) is 4.19. The van der Waals surface area contributed by atoms with Crippen LogP contribution >= 0.6 is 11.3 Å². The number of esters is 1. The van der Waals surface area contributed by atoms with E-state index in [9.17, 15) is 4.79 Å². The highest BCUT2D eigenvalue weighted by Crippen LogP contribution is 2.31. The molecule has 34 heavy (non-hydrogen) atoms. The van der Waals surface area contributed by atoms with Gasteiger partial charge in [-0.25, -0.2) is 0 Å². The number of fused-ring (bicyclic) bond motifs is 2. The van der Waals surface area contributed by atoms with Crippen LogP contribution in [0.1, 0.15) is 23.6 Å². The lowest BCUT2D eigenvalue weighted by molar-refractivity contribution is -0.142. The Labute approximate surface area is 200 Å². The van der Waals surface area contributed by atoms with Crippen LogP contribution in [0, 0.1) is 6.92 Å². The number of hydrogen-bond acceptors (Lipinski definition) is 8. The lowest BCUT2D eigenvalue weighted by atomic mass is 10.1. The van der Waals surface area contributed by atoms with Crippen LogP contribution in [0.5, 0.6) is 0 Å². The van der Waals surface area contributed by atoms with E-state index in [2.05, 4.69) is 50.0 Å². The number of benzene rings is 2. The van der Waals surface area contributed by atoms with E-state index in [0.29, 0.717) is 19.0 Å². The van der Waals surface area contributed by atoms with E-state index < -0.39 is 0 Å². The number of carbonyl (C=O) groups excluding carboxylic acids is 1. The Morgan fingerprint density at radius 3 is 2.59 bits per heavy atom. The normalized spacial score (nSPS) is 11.4. The number of aromatic nitrogens is 4.